The predicted octanol–water partition coefficient (Wildman–Crippen LogP) is 2.18. The first kappa shape index (κ1) is 13.6. The van der Waals surface area contributed by atoms with Crippen LogP contribution >= 0.6 is 11.3 Å². The van der Waals surface area contributed by atoms with E-state index in [1.165, 1.54) is 37.2 Å². The van der Waals surface area contributed by atoms with Crippen LogP contribution < -0.4 is 5.32 Å². The fourth-order valence-corrected chi connectivity index (χ4v) is 3.94. The maximum absolute atomic E-state index is 3.79. The summed E-state index contributed by atoms with van der Waals surface area (Å²) in [5.74, 6) is 0. The minimum Gasteiger partial charge on any atom is -0.311 e. The van der Waals surface area contributed by atoms with Gasteiger partial charge in [-0.15, -0.1) is 11.3 Å². The van der Waals surface area contributed by atoms with Crippen molar-refractivity contribution >= 4 is 11.3 Å². The number of rotatable bonds is 6. The highest BCUT2D eigenvalue weighted by molar-refractivity contribution is 7.10. The van der Waals surface area contributed by atoms with Gasteiger partial charge in [0.05, 0.1) is 6.04 Å². The van der Waals surface area contributed by atoms with E-state index in [1.54, 1.807) is 0 Å². The van der Waals surface area contributed by atoms with E-state index in [0.717, 1.165) is 12.6 Å². The third kappa shape index (κ3) is 3.37. The zero-order valence-corrected chi connectivity index (χ0v) is 12.8. The number of nitrogens with one attached hydrogen (secondary N) is 1. The first-order valence-electron chi connectivity index (χ1n) is 7.41. The molecule has 0 aromatic carbocycles. The van der Waals surface area contributed by atoms with Crippen molar-refractivity contribution in [2.45, 2.75) is 37.4 Å². The molecule has 19 heavy (non-hydrogen) atoms. The molecule has 1 N–H and O–H groups in total. The van der Waals surface area contributed by atoms with E-state index in [0.29, 0.717) is 12.1 Å². The van der Waals surface area contributed by atoms with Crippen LogP contribution in [-0.2, 0) is 0 Å². The zero-order chi connectivity index (χ0) is 13.2. The predicted molar refractivity (Wildman–Crippen MR) is 81.7 cm³/mol. The van der Waals surface area contributed by atoms with Crippen LogP contribution in [0.15, 0.2) is 17.5 Å². The minimum absolute atomic E-state index is 0.509. The van der Waals surface area contributed by atoms with Gasteiger partial charge in [0.1, 0.15) is 0 Å². The maximum atomic E-state index is 3.79. The summed E-state index contributed by atoms with van der Waals surface area (Å²) in [5, 5.41) is 5.96. The molecule has 1 aromatic heterocycles. The molecule has 3 nitrogen and oxygen atoms in total. The molecular formula is C15H25N3S. The Hall–Kier alpha value is -0.420. The Morgan fingerprint density at radius 2 is 2.26 bits per heavy atom. The highest BCUT2D eigenvalue weighted by Gasteiger charge is 2.34. The van der Waals surface area contributed by atoms with Crippen molar-refractivity contribution < 1.29 is 0 Å². The first-order chi connectivity index (χ1) is 9.24. The Morgan fingerprint density at radius 1 is 1.42 bits per heavy atom. The van der Waals surface area contributed by atoms with Gasteiger partial charge in [-0.1, -0.05) is 6.07 Å². The molecule has 4 heteroatoms. The SMILES string of the molecule is CN(C)C(CNC1CCN(C2CC2)C1)c1cccs1. The van der Waals surface area contributed by atoms with Crippen molar-refractivity contribution in [1.29, 1.82) is 0 Å². The number of hydrogen-bond donors (Lipinski definition) is 1. The highest BCUT2D eigenvalue weighted by Crippen LogP contribution is 2.30. The van der Waals surface area contributed by atoms with Crippen molar-refractivity contribution in [3.63, 3.8) is 0 Å². The molecule has 3 rings (SSSR count). The van der Waals surface area contributed by atoms with Crippen LogP contribution in [0.2, 0.25) is 0 Å². The van der Waals surface area contributed by atoms with Crippen LogP contribution in [0.1, 0.15) is 30.2 Å². The van der Waals surface area contributed by atoms with Crippen molar-refractivity contribution in [2.24, 2.45) is 0 Å². The van der Waals surface area contributed by atoms with E-state index < -0.39 is 0 Å². The Morgan fingerprint density at radius 3 is 2.89 bits per heavy atom. The summed E-state index contributed by atoms with van der Waals surface area (Å²) in [6.45, 7) is 3.62. The van der Waals surface area contributed by atoms with Crippen molar-refractivity contribution in [3.8, 4) is 0 Å². The zero-order valence-electron chi connectivity index (χ0n) is 12.0. The molecule has 0 radical (unpaired) electrons. The number of thiophene rings is 1. The number of likely N-dealkylation sites (N-methyl/N-ethyl adjacent to an activating group) is 1. The molecule has 2 heterocycles. The van der Waals surface area contributed by atoms with Crippen LogP contribution in [0.25, 0.3) is 0 Å². The standard InChI is InChI=1S/C15H25N3S/c1-17(2)14(15-4-3-9-19-15)10-16-12-7-8-18(11-12)13-5-6-13/h3-4,9,12-14,16H,5-8,10-11H2,1-2H3. The molecule has 0 spiro atoms. The van der Waals surface area contributed by atoms with E-state index in [9.17, 15) is 0 Å². The molecule has 1 aliphatic heterocycles. The van der Waals surface area contributed by atoms with E-state index in [4.69, 9.17) is 0 Å². The third-order valence-corrected chi connectivity index (χ3v) is 5.35. The number of likely N-dealkylation sites (tertiary alicyclic amines) is 1. The lowest BCUT2D eigenvalue weighted by molar-refractivity contribution is 0.276. The number of hydrogen-bond acceptors (Lipinski definition) is 4. The molecule has 1 saturated carbocycles. The van der Waals surface area contributed by atoms with E-state index >= 15 is 0 Å². The molecule has 2 aliphatic rings. The Balaban J connectivity index is 1.50. The lowest BCUT2D eigenvalue weighted by atomic mass is 10.2. The molecule has 1 aromatic rings. The van der Waals surface area contributed by atoms with Crippen molar-refractivity contribution in [2.75, 3.05) is 33.7 Å². The summed E-state index contributed by atoms with van der Waals surface area (Å²) in [5.41, 5.74) is 0. The van der Waals surface area contributed by atoms with Crippen LogP contribution in [0.5, 0.6) is 0 Å². The smallest absolute Gasteiger partial charge is 0.0561 e. The summed E-state index contributed by atoms with van der Waals surface area (Å²) in [6, 6.07) is 6.54. The number of nitrogens with zero attached hydrogens (tertiary/aromatic N) is 2. The van der Waals surface area contributed by atoms with Crippen LogP contribution in [-0.4, -0.2) is 55.6 Å². The fraction of sp³-hybridized carbons (Fsp3) is 0.733. The topological polar surface area (TPSA) is 18.5 Å². The Kier molecular flexibility index (Phi) is 4.22. The lowest BCUT2D eigenvalue weighted by Gasteiger charge is -2.25. The summed E-state index contributed by atoms with van der Waals surface area (Å²) < 4.78 is 0. The van der Waals surface area contributed by atoms with Crippen molar-refractivity contribution in [1.82, 2.24) is 15.1 Å². The van der Waals surface area contributed by atoms with Crippen LogP contribution in [0, 0.1) is 0 Å². The third-order valence-electron chi connectivity index (χ3n) is 4.38. The normalized spacial score (nSPS) is 26.2. The van der Waals surface area contributed by atoms with Crippen LogP contribution in [0.3, 0.4) is 0 Å². The highest BCUT2D eigenvalue weighted by atomic mass is 32.1. The van der Waals surface area contributed by atoms with Gasteiger partial charge in [0.15, 0.2) is 0 Å². The van der Waals surface area contributed by atoms with Gasteiger partial charge in [0, 0.05) is 36.6 Å². The van der Waals surface area contributed by atoms with Gasteiger partial charge in [-0.25, -0.2) is 0 Å². The second-order valence-electron chi connectivity index (χ2n) is 6.11. The van der Waals surface area contributed by atoms with Gasteiger partial charge in [0.2, 0.25) is 0 Å². The fourth-order valence-electron chi connectivity index (χ4n) is 3.02. The first-order valence-corrected chi connectivity index (χ1v) is 8.29. The molecule has 0 amide bonds. The van der Waals surface area contributed by atoms with E-state index in [-0.39, 0.29) is 0 Å². The molecule has 1 aliphatic carbocycles. The maximum Gasteiger partial charge on any atom is 0.0561 e. The summed E-state index contributed by atoms with van der Waals surface area (Å²) in [4.78, 5) is 6.47. The van der Waals surface area contributed by atoms with Gasteiger partial charge in [-0.05, 0) is 44.8 Å². The minimum atomic E-state index is 0.509. The average molecular weight is 279 g/mol. The van der Waals surface area contributed by atoms with Gasteiger partial charge in [-0.3, -0.25) is 4.90 Å². The average Bonchev–Trinajstić information content (AvgIpc) is 2.91. The van der Waals surface area contributed by atoms with Gasteiger partial charge in [-0.2, -0.15) is 0 Å². The van der Waals surface area contributed by atoms with Gasteiger partial charge in [0.25, 0.3) is 0 Å². The van der Waals surface area contributed by atoms with Gasteiger partial charge < -0.3 is 10.2 Å². The molecule has 0 bridgehead atoms. The molecular weight excluding hydrogens is 254 g/mol. The molecule has 2 fully saturated rings. The quantitative estimate of drug-likeness (QED) is 0.861. The Labute approximate surface area is 120 Å². The molecule has 106 valence electrons. The van der Waals surface area contributed by atoms with E-state index in [2.05, 4.69) is 46.7 Å². The second-order valence-corrected chi connectivity index (χ2v) is 7.09. The van der Waals surface area contributed by atoms with Crippen molar-refractivity contribution in [3.05, 3.63) is 22.4 Å². The van der Waals surface area contributed by atoms with E-state index in [1.807, 2.05) is 11.3 Å². The monoisotopic (exact) mass is 279 g/mol. The lowest BCUT2D eigenvalue weighted by Crippen LogP contribution is -2.38. The second kappa shape index (κ2) is 5.92. The summed E-state index contributed by atoms with van der Waals surface area (Å²) >= 11 is 1.87. The van der Waals surface area contributed by atoms with Gasteiger partial charge >= 0.3 is 0 Å². The van der Waals surface area contributed by atoms with Crippen LogP contribution in [0.4, 0.5) is 0 Å². The largest absolute Gasteiger partial charge is 0.311 e. The summed E-state index contributed by atoms with van der Waals surface area (Å²) in [6.07, 6.45) is 4.19. The molecule has 2 atom stereocenters. The molecule has 2 unspecified atom stereocenters. The molecule has 1 saturated heterocycles. The summed E-state index contributed by atoms with van der Waals surface area (Å²) in [7, 11) is 4.36. The Bertz CT molecular complexity index is 386.